The van der Waals surface area contributed by atoms with Gasteiger partial charge in [0, 0.05) is 12.0 Å². The van der Waals surface area contributed by atoms with Gasteiger partial charge in [0.05, 0.1) is 6.61 Å². The van der Waals surface area contributed by atoms with E-state index in [1.54, 1.807) is 0 Å². The molecule has 0 atom stereocenters. The molecule has 1 aromatic carbocycles. The number of hydrogen-bond donors (Lipinski definition) is 1. The molecule has 1 N–H and O–H groups in total. The molecule has 16 heavy (non-hydrogen) atoms. The molecule has 1 aliphatic heterocycles. The Hall–Kier alpha value is -1.02. The summed E-state index contributed by atoms with van der Waals surface area (Å²) in [5.41, 5.74) is 3.30. The molecule has 0 amide bonds. The highest BCUT2D eigenvalue weighted by atomic mass is 16.5. The number of ether oxygens (including phenoxy) is 1. The van der Waals surface area contributed by atoms with Crippen molar-refractivity contribution >= 4 is 0 Å². The van der Waals surface area contributed by atoms with Crippen molar-refractivity contribution in [2.75, 3.05) is 13.2 Å². The first-order chi connectivity index (χ1) is 7.77. The average Bonchev–Trinajstić information content (AvgIpc) is 3.05. The molecule has 0 saturated heterocycles. The van der Waals surface area contributed by atoms with Crippen LogP contribution in [0, 0.1) is 5.41 Å². The quantitative estimate of drug-likeness (QED) is 0.840. The third kappa shape index (κ3) is 1.94. The van der Waals surface area contributed by atoms with Crippen LogP contribution >= 0.6 is 0 Å². The molecule has 1 saturated carbocycles. The Morgan fingerprint density at radius 3 is 3.06 bits per heavy atom. The minimum atomic E-state index is 0.468. The van der Waals surface area contributed by atoms with Gasteiger partial charge >= 0.3 is 0 Å². The largest absolute Gasteiger partial charge is 0.493 e. The zero-order valence-corrected chi connectivity index (χ0v) is 9.88. The fraction of sp³-hybridized carbons (Fsp3) is 0.571. The van der Waals surface area contributed by atoms with Crippen LogP contribution in [-0.4, -0.2) is 13.2 Å². The van der Waals surface area contributed by atoms with Crippen LogP contribution in [-0.2, 0) is 13.0 Å². The first-order valence-electron chi connectivity index (χ1n) is 6.21. The Kier molecular flexibility index (Phi) is 2.40. The zero-order chi connectivity index (χ0) is 11.0. The van der Waals surface area contributed by atoms with Gasteiger partial charge in [-0.3, -0.25) is 0 Å². The number of nitrogens with one attached hydrogen (secondary N) is 1. The van der Waals surface area contributed by atoms with Gasteiger partial charge in [0.15, 0.2) is 0 Å². The van der Waals surface area contributed by atoms with E-state index >= 15 is 0 Å². The summed E-state index contributed by atoms with van der Waals surface area (Å²) in [5.74, 6) is 1.12. The van der Waals surface area contributed by atoms with Crippen LogP contribution in [0.2, 0.25) is 0 Å². The molecule has 1 heterocycles. The van der Waals surface area contributed by atoms with Crippen molar-refractivity contribution in [2.45, 2.75) is 32.7 Å². The Bertz CT molecular complexity index is 396. The standard InChI is InChI=1S/C14H19NO/c1-14(6-7-14)10-16-13-4-2-3-11-9-15-8-5-12(11)13/h2-4,15H,5-10H2,1H3. The summed E-state index contributed by atoms with van der Waals surface area (Å²) >= 11 is 0. The molecule has 0 aromatic heterocycles. The van der Waals surface area contributed by atoms with Gasteiger partial charge in [-0.2, -0.15) is 0 Å². The summed E-state index contributed by atoms with van der Waals surface area (Å²) in [5, 5.41) is 3.40. The molecule has 1 fully saturated rings. The van der Waals surface area contributed by atoms with Crippen molar-refractivity contribution in [3.8, 4) is 5.75 Å². The summed E-state index contributed by atoms with van der Waals surface area (Å²) in [6.07, 6.45) is 3.75. The van der Waals surface area contributed by atoms with Gasteiger partial charge in [0.2, 0.25) is 0 Å². The fourth-order valence-electron chi connectivity index (χ4n) is 2.24. The number of rotatable bonds is 3. The lowest BCUT2D eigenvalue weighted by molar-refractivity contribution is 0.244. The maximum absolute atomic E-state index is 6.00. The predicted octanol–water partition coefficient (Wildman–Crippen LogP) is 2.51. The first kappa shape index (κ1) is 10.2. The number of hydrogen-bond acceptors (Lipinski definition) is 2. The normalized spacial score (nSPS) is 21.3. The Labute approximate surface area is 97.0 Å². The monoisotopic (exact) mass is 217 g/mol. The molecule has 86 valence electrons. The summed E-state index contributed by atoms with van der Waals surface area (Å²) in [4.78, 5) is 0. The van der Waals surface area contributed by atoms with E-state index in [9.17, 15) is 0 Å². The first-order valence-corrected chi connectivity index (χ1v) is 6.21. The van der Waals surface area contributed by atoms with Crippen molar-refractivity contribution < 1.29 is 4.74 Å². The highest BCUT2D eigenvalue weighted by molar-refractivity contribution is 5.41. The summed E-state index contributed by atoms with van der Waals surface area (Å²) in [6.45, 7) is 5.26. The predicted molar refractivity (Wildman–Crippen MR) is 64.7 cm³/mol. The van der Waals surface area contributed by atoms with E-state index in [-0.39, 0.29) is 0 Å². The van der Waals surface area contributed by atoms with Gasteiger partial charge < -0.3 is 10.1 Å². The second-order valence-corrected chi connectivity index (χ2v) is 5.42. The highest BCUT2D eigenvalue weighted by Gasteiger charge is 2.38. The van der Waals surface area contributed by atoms with Gasteiger partial charge in [0.1, 0.15) is 5.75 Å². The molecular weight excluding hydrogens is 198 g/mol. The van der Waals surface area contributed by atoms with Gasteiger partial charge in [-0.1, -0.05) is 19.1 Å². The van der Waals surface area contributed by atoms with E-state index in [1.807, 2.05) is 0 Å². The van der Waals surface area contributed by atoms with Gasteiger partial charge in [-0.15, -0.1) is 0 Å². The Balaban J connectivity index is 1.78. The maximum Gasteiger partial charge on any atom is 0.122 e. The molecule has 1 aliphatic carbocycles. The van der Waals surface area contributed by atoms with E-state index in [4.69, 9.17) is 4.74 Å². The number of benzene rings is 1. The lowest BCUT2D eigenvalue weighted by Crippen LogP contribution is -2.24. The number of fused-ring (bicyclic) bond motifs is 1. The SMILES string of the molecule is CC1(COc2cccc3c2CCNC3)CC1. The molecule has 2 heteroatoms. The fourth-order valence-corrected chi connectivity index (χ4v) is 2.24. The third-order valence-electron chi connectivity index (χ3n) is 3.78. The van der Waals surface area contributed by atoms with Crippen molar-refractivity contribution in [3.63, 3.8) is 0 Å². The zero-order valence-electron chi connectivity index (χ0n) is 9.88. The van der Waals surface area contributed by atoms with Crippen LogP contribution in [0.5, 0.6) is 5.75 Å². The van der Waals surface area contributed by atoms with Crippen LogP contribution in [0.1, 0.15) is 30.9 Å². The van der Waals surface area contributed by atoms with Crippen LogP contribution in [0.15, 0.2) is 18.2 Å². The van der Waals surface area contributed by atoms with Crippen LogP contribution in [0.4, 0.5) is 0 Å². The summed E-state index contributed by atoms with van der Waals surface area (Å²) in [7, 11) is 0. The molecule has 2 nitrogen and oxygen atoms in total. The van der Waals surface area contributed by atoms with E-state index < -0.39 is 0 Å². The molecule has 0 radical (unpaired) electrons. The second kappa shape index (κ2) is 3.77. The van der Waals surface area contributed by atoms with Crippen molar-refractivity contribution in [1.82, 2.24) is 5.32 Å². The van der Waals surface area contributed by atoms with Gasteiger partial charge in [0.25, 0.3) is 0 Å². The van der Waals surface area contributed by atoms with E-state index in [2.05, 4.69) is 30.4 Å². The molecule has 3 rings (SSSR count). The summed E-state index contributed by atoms with van der Waals surface area (Å²) in [6, 6.07) is 6.43. The molecule has 1 aromatic rings. The molecule has 0 bridgehead atoms. The third-order valence-corrected chi connectivity index (χ3v) is 3.78. The molecule has 0 spiro atoms. The molecule has 0 unspecified atom stereocenters. The lowest BCUT2D eigenvalue weighted by atomic mass is 10.00. The van der Waals surface area contributed by atoms with Crippen molar-refractivity contribution in [3.05, 3.63) is 29.3 Å². The minimum absolute atomic E-state index is 0.468. The minimum Gasteiger partial charge on any atom is -0.493 e. The summed E-state index contributed by atoms with van der Waals surface area (Å²) < 4.78 is 6.00. The molecular formula is C14H19NO. The van der Waals surface area contributed by atoms with E-state index in [0.29, 0.717) is 5.41 Å². The second-order valence-electron chi connectivity index (χ2n) is 5.42. The average molecular weight is 217 g/mol. The van der Waals surface area contributed by atoms with E-state index in [1.165, 1.54) is 24.0 Å². The van der Waals surface area contributed by atoms with Crippen molar-refractivity contribution in [2.24, 2.45) is 5.41 Å². The Morgan fingerprint density at radius 2 is 2.25 bits per heavy atom. The van der Waals surface area contributed by atoms with Crippen LogP contribution in [0.25, 0.3) is 0 Å². The molecule has 2 aliphatic rings. The highest BCUT2D eigenvalue weighted by Crippen LogP contribution is 2.45. The topological polar surface area (TPSA) is 21.3 Å². The smallest absolute Gasteiger partial charge is 0.122 e. The van der Waals surface area contributed by atoms with E-state index in [0.717, 1.165) is 31.9 Å². The van der Waals surface area contributed by atoms with Crippen LogP contribution < -0.4 is 10.1 Å². The van der Waals surface area contributed by atoms with Gasteiger partial charge in [-0.05, 0) is 43.0 Å². The lowest BCUT2D eigenvalue weighted by Gasteiger charge is -2.21. The van der Waals surface area contributed by atoms with Crippen molar-refractivity contribution in [1.29, 1.82) is 0 Å². The van der Waals surface area contributed by atoms with Gasteiger partial charge in [-0.25, -0.2) is 0 Å². The van der Waals surface area contributed by atoms with Crippen LogP contribution in [0.3, 0.4) is 0 Å². The maximum atomic E-state index is 6.00. The Morgan fingerprint density at radius 1 is 1.38 bits per heavy atom.